The molecule has 84 valence electrons. The molecule has 0 unspecified atom stereocenters. The largest absolute Gasteiger partial charge is 0.437 e. The molecule has 0 aliphatic rings. The first-order chi connectivity index (χ1) is 8.19. The topological polar surface area (TPSA) is 84.8 Å². The van der Waals surface area contributed by atoms with E-state index in [9.17, 15) is 0 Å². The Hall–Kier alpha value is -2.32. The van der Waals surface area contributed by atoms with E-state index in [1.165, 1.54) is 6.20 Å². The van der Waals surface area contributed by atoms with E-state index >= 15 is 0 Å². The van der Waals surface area contributed by atoms with Gasteiger partial charge in [-0.3, -0.25) is 0 Å². The number of nitriles is 1. The van der Waals surface area contributed by atoms with Crippen LogP contribution in [0.4, 0.5) is 5.69 Å². The molecule has 2 N–H and O–H groups in total. The Kier molecular flexibility index (Phi) is 3.08. The lowest BCUT2D eigenvalue weighted by Crippen LogP contribution is -1.97. The second-order valence-electron chi connectivity index (χ2n) is 3.14. The van der Waals surface area contributed by atoms with Gasteiger partial charge in [-0.25, -0.2) is 4.98 Å². The van der Waals surface area contributed by atoms with Crippen LogP contribution in [0, 0.1) is 11.3 Å². The highest BCUT2D eigenvalue weighted by Gasteiger charge is 2.06. The summed E-state index contributed by atoms with van der Waals surface area (Å²) in [7, 11) is 0. The van der Waals surface area contributed by atoms with Crippen LogP contribution < -0.4 is 10.5 Å². The molecule has 0 spiro atoms. The molecule has 0 amide bonds. The summed E-state index contributed by atoms with van der Waals surface area (Å²) in [5.41, 5.74) is 6.40. The number of halogens is 1. The summed E-state index contributed by atoms with van der Waals surface area (Å²) >= 11 is 5.63. The van der Waals surface area contributed by atoms with Crippen molar-refractivity contribution in [2.75, 3.05) is 5.73 Å². The van der Waals surface area contributed by atoms with Crippen molar-refractivity contribution in [1.29, 1.82) is 5.26 Å². The monoisotopic (exact) mass is 246 g/mol. The third kappa shape index (κ3) is 2.62. The Morgan fingerprint density at radius 1 is 1.41 bits per heavy atom. The van der Waals surface area contributed by atoms with Gasteiger partial charge in [0.2, 0.25) is 11.2 Å². The fraction of sp³-hybridized carbons (Fsp3) is 0. The predicted octanol–water partition coefficient (Wildman–Crippen LogP) is 2.38. The van der Waals surface area contributed by atoms with Crippen LogP contribution in [0.3, 0.4) is 0 Å². The lowest BCUT2D eigenvalue weighted by Gasteiger charge is -2.06. The molecule has 1 aromatic carbocycles. The van der Waals surface area contributed by atoms with Crippen molar-refractivity contribution < 1.29 is 4.74 Å². The first kappa shape index (κ1) is 11.2. The van der Waals surface area contributed by atoms with Crippen molar-refractivity contribution in [2.45, 2.75) is 0 Å². The highest BCUT2D eigenvalue weighted by atomic mass is 35.5. The van der Waals surface area contributed by atoms with Crippen LogP contribution in [0.1, 0.15) is 5.56 Å². The molecule has 0 saturated carbocycles. The fourth-order valence-electron chi connectivity index (χ4n) is 1.18. The number of aromatic nitrogens is 2. The standard InChI is InChI=1S/C11H7ClN4O/c12-11-15-6-9(14)10(16-11)17-8-3-1-2-7(4-8)5-13/h1-4,6H,14H2. The summed E-state index contributed by atoms with van der Waals surface area (Å²) in [4.78, 5) is 7.56. The predicted molar refractivity (Wildman–Crippen MR) is 62.7 cm³/mol. The summed E-state index contributed by atoms with van der Waals surface area (Å²) in [6.45, 7) is 0. The van der Waals surface area contributed by atoms with Crippen molar-refractivity contribution in [3.8, 4) is 17.7 Å². The normalized spacial score (nSPS) is 9.65. The van der Waals surface area contributed by atoms with E-state index in [1.54, 1.807) is 24.3 Å². The number of nitrogens with two attached hydrogens (primary N) is 1. The van der Waals surface area contributed by atoms with Crippen LogP contribution >= 0.6 is 11.6 Å². The quantitative estimate of drug-likeness (QED) is 0.823. The van der Waals surface area contributed by atoms with Crippen molar-refractivity contribution in [1.82, 2.24) is 9.97 Å². The van der Waals surface area contributed by atoms with Gasteiger partial charge in [-0.2, -0.15) is 10.2 Å². The first-order valence-corrected chi connectivity index (χ1v) is 5.03. The Morgan fingerprint density at radius 2 is 2.24 bits per heavy atom. The fourth-order valence-corrected chi connectivity index (χ4v) is 1.30. The van der Waals surface area contributed by atoms with E-state index in [4.69, 9.17) is 27.3 Å². The smallest absolute Gasteiger partial charge is 0.247 e. The number of benzene rings is 1. The van der Waals surface area contributed by atoms with Crippen LogP contribution in [-0.2, 0) is 0 Å². The van der Waals surface area contributed by atoms with Gasteiger partial charge in [0.15, 0.2) is 0 Å². The highest BCUT2D eigenvalue weighted by molar-refractivity contribution is 6.28. The molecule has 2 rings (SSSR count). The molecular weight excluding hydrogens is 240 g/mol. The van der Waals surface area contributed by atoms with Gasteiger partial charge in [-0.1, -0.05) is 6.07 Å². The average Bonchev–Trinajstić information content (AvgIpc) is 2.34. The molecule has 0 atom stereocenters. The highest BCUT2D eigenvalue weighted by Crippen LogP contribution is 2.25. The molecule has 0 aliphatic carbocycles. The van der Waals surface area contributed by atoms with Crippen LogP contribution in [0.2, 0.25) is 5.28 Å². The molecule has 5 nitrogen and oxygen atoms in total. The van der Waals surface area contributed by atoms with Gasteiger partial charge in [-0.15, -0.1) is 0 Å². The van der Waals surface area contributed by atoms with Crippen LogP contribution in [-0.4, -0.2) is 9.97 Å². The van der Waals surface area contributed by atoms with Crippen molar-refractivity contribution >= 4 is 17.3 Å². The van der Waals surface area contributed by atoms with Gasteiger partial charge in [0.05, 0.1) is 17.8 Å². The van der Waals surface area contributed by atoms with Gasteiger partial charge in [0.25, 0.3) is 0 Å². The summed E-state index contributed by atoms with van der Waals surface area (Å²) in [5, 5.41) is 8.80. The Bertz CT molecular complexity index is 594. The molecule has 0 fully saturated rings. The number of anilines is 1. The third-order valence-corrected chi connectivity index (χ3v) is 2.11. The maximum atomic E-state index is 8.75. The zero-order chi connectivity index (χ0) is 12.3. The van der Waals surface area contributed by atoms with E-state index in [0.717, 1.165) is 0 Å². The lowest BCUT2D eigenvalue weighted by molar-refractivity contribution is 0.464. The van der Waals surface area contributed by atoms with Gasteiger partial charge in [0, 0.05) is 0 Å². The number of hydrogen-bond donors (Lipinski definition) is 1. The minimum absolute atomic E-state index is 0.0469. The number of ether oxygens (including phenoxy) is 1. The number of hydrogen-bond acceptors (Lipinski definition) is 5. The maximum absolute atomic E-state index is 8.75. The first-order valence-electron chi connectivity index (χ1n) is 4.65. The Balaban J connectivity index is 2.31. The average molecular weight is 247 g/mol. The van der Waals surface area contributed by atoms with Gasteiger partial charge >= 0.3 is 0 Å². The van der Waals surface area contributed by atoms with Crippen LogP contribution in [0.25, 0.3) is 0 Å². The second kappa shape index (κ2) is 4.68. The number of rotatable bonds is 2. The molecular formula is C11H7ClN4O. The summed E-state index contributed by atoms with van der Waals surface area (Å²) in [6, 6.07) is 8.65. The summed E-state index contributed by atoms with van der Waals surface area (Å²) in [5.74, 6) is 0.630. The van der Waals surface area contributed by atoms with Crippen LogP contribution in [0.5, 0.6) is 11.6 Å². The van der Waals surface area contributed by atoms with Gasteiger partial charge in [0.1, 0.15) is 11.4 Å². The van der Waals surface area contributed by atoms with Gasteiger partial charge < -0.3 is 10.5 Å². The van der Waals surface area contributed by atoms with Crippen molar-refractivity contribution in [3.05, 3.63) is 41.3 Å². The van der Waals surface area contributed by atoms with E-state index in [0.29, 0.717) is 11.3 Å². The summed E-state index contributed by atoms with van der Waals surface area (Å²) in [6.07, 6.45) is 1.36. The van der Waals surface area contributed by atoms with Gasteiger partial charge in [-0.05, 0) is 29.8 Å². The van der Waals surface area contributed by atoms with Crippen molar-refractivity contribution in [3.63, 3.8) is 0 Å². The molecule has 0 bridgehead atoms. The third-order valence-electron chi connectivity index (χ3n) is 1.93. The SMILES string of the molecule is N#Cc1cccc(Oc2nc(Cl)ncc2N)c1. The Morgan fingerprint density at radius 3 is 3.00 bits per heavy atom. The minimum Gasteiger partial charge on any atom is -0.437 e. The minimum atomic E-state index is 0.0469. The Labute approximate surface area is 102 Å². The molecule has 2 aromatic rings. The maximum Gasteiger partial charge on any atom is 0.247 e. The summed E-state index contributed by atoms with van der Waals surface area (Å²) < 4.78 is 5.42. The van der Waals surface area contributed by atoms with E-state index in [1.807, 2.05) is 6.07 Å². The van der Waals surface area contributed by atoms with E-state index in [-0.39, 0.29) is 16.9 Å². The molecule has 6 heteroatoms. The molecule has 1 aromatic heterocycles. The molecule has 1 heterocycles. The molecule has 0 saturated heterocycles. The van der Waals surface area contributed by atoms with Crippen LogP contribution in [0.15, 0.2) is 30.5 Å². The van der Waals surface area contributed by atoms with Crippen molar-refractivity contribution in [2.24, 2.45) is 0 Å². The second-order valence-corrected chi connectivity index (χ2v) is 3.48. The number of nitrogen functional groups attached to an aromatic ring is 1. The zero-order valence-electron chi connectivity index (χ0n) is 8.59. The van der Waals surface area contributed by atoms with E-state index in [2.05, 4.69) is 9.97 Å². The molecule has 0 aliphatic heterocycles. The molecule has 17 heavy (non-hydrogen) atoms. The van der Waals surface area contributed by atoms with E-state index < -0.39 is 0 Å². The number of nitrogens with zero attached hydrogens (tertiary/aromatic N) is 3. The molecule has 0 radical (unpaired) electrons. The zero-order valence-corrected chi connectivity index (χ0v) is 9.35. The lowest BCUT2D eigenvalue weighted by atomic mass is 10.2.